The van der Waals surface area contributed by atoms with Crippen LogP contribution in [-0.2, 0) is 61.9 Å². The number of benzene rings is 9. The zero-order chi connectivity index (χ0) is 98.6. The van der Waals surface area contributed by atoms with Crippen LogP contribution in [0.2, 0.25) is 0 Å². The van der Waals surface area contributed by atoms with Crippen molar-refractivity contribution in [3.8, 4) is 180 Å². The predicted octanol–water partition coefficient (Wildman–Crippen LogP) is 27.8. The molecule has 0 aliphatic rings. The number of pyridine rings is 10. The number of nitrogens with zero attached hydrogens (tertiary/aromatic N) is 10. The van der Waals surface area contributed by atoms with Gasteiger partial charge < -0.3 is 43.9 Å². The molecular formula is C124H94Ir2N10O8. The molecule has 0 aliphatic carbocycles. The first-order valence-electron chi connectivity index (χ1n) is 46.5. The fraction of sp³-hybridized carbons (Fsp3) is 0.129. The molecular weight excluding hydrogens is 2140 g/mol. The quantitative estimate of drug-likeness (QED) is 0.0348. The van der Waals surface area contributed by atoms with E-state index >= 15 is 0 Å². The Hall–Kier alpha value is -16.3. The SMILES string of the molecule is CC(C)(C)c1cc(-c2cc[c-]c(-c3ccc(C(=O)Oc4cc(OC(=O)c5ccc(-c6[c-]ccc(-c7ccnc(C(C)(C)C)c7)c6)nc5)cc(-c5ccccc5-c5ccc(-c6[c-]c[c-]c(-c7ccc(-c8ccccc8-c8cc(OC(=O)c9ccc(-c%10[c-]ccc(-c%11ccnc(C(C)(C)C)c%11)c%10)nc9)cc(OC(=O)c9ccc(-c%10[c-]ccc(-c%11ccnc(C(C)(C)C)c%11)c%10)nc9)c8)cn7)c6)nc5)c4)cn3)c2)ccn1.[Ir+3].[Ir+3]. The Labute approximate surface area is 864 Å². The Morgan fingerprint density at radius 2 is 0.444 bits per heavy atom. The third-order valence-corrected chi connectivity index (χ3v) is 24.3. The molecule has 0 unspecified atom stereocenters. The average Bonchev–Trinajstić information content (AvgIpc) is 0.819. The second kappa shape index (κ2) is 42.2. The van der Waals surface area contributed by atoms with Gasteiger partial charge in [0.05, 0.1) is 22.3 Å². The van der Waals surface area contributed by atoms with Crippen LogP contribution in [0.15, 0.2) is 353 Å². The number of rotatable bonds is 22. The second-order valence-electron chi connectivity index (χ2n) is 38.7. The van der Waals surface area contributed by atoms with E-state index in [0.717, 1.165) is 112 Å². The van der Waals surface area contributed by atoms with Crippen molar-refractivity contribution in [2.75, 3.05) is 0 Å². The topological polar surface area (TPSA) is 234 Å². The number of carbonyl (C=O) groups is 4. The molecule has 18 nitrogen and oxygen atoms in total. The summed E-state index contributed by atoms with van der Waals surface area (Å²) in [4.78, 5) is 105. The van der Waals surface area contributed by atoms with E-state index in [9.17, 15) is 19.2 Å². The van der Waals surface area contributed by atoms with Crippen LogP contribution in [0.4, 0.5) is 0 Å². The van der Waals surface area contributed by atoms with E-state index < -0.39 is 23.9 Å². The van der Waals surface area contributed by atoms with Crippen LogP contribution in [0.1, 0.15) is 147 Å². The van der Waals surface area contributed by atoms with Gasteiger partial charge in [0.1, 0.15) is 23.0 Å². The largest absolute Gasteiger partial charge is 3.00 e. The number of hydrogen-bond acceptors (Lipinski definition) is 18. The maximum Gasteiger partial charge on any atom is 3.00 e. The molecule has 0 bridgehead atoms. The number of carbonyl (C=O) groups excluding carboxylic acids is 4. The summed E-state index contributed by atoms with van der Waals surface area (Å²) in [6.45, 7) is 25.6. The first-order chi connectivity index (χ1) is 68.4. The van der Waals surface area contributed by atoms with E-state index in [4.69, 9.17) is 48.9 Å². The molecule has 0 atom stereocenters. The molecule has 9 aromatic carbocycles. The van der Waals surface area contributed by atoms with Crippen molar-refractivity contribution in [1.29, 1.82) is 0 Å². The van der Waals surface area contributed by atoms with Gasteiger partial charge >= 0.3 is 64.1 Å². The van der Waals surface area contributed by atoms with E-state index in [1.54, 1.807) is 91.3 Å². The molecule has 0 amide bonds. The Balaban J connectivity index is 0.00000711. The van der Waals surface area contributed by atoms with E-state index in [-0.39, 0.29) is 107 Å². The smallest absolute Gasteiger partial charge is 0.423 e. The molecule has 0 saturated carbocycles. The zero-order valence-corrected chi connectivity index (χ0v) is 85.7. The predicted molar refractivity (Wildman–Crippen MR) is 554 cm³/mol. The summed E-state index contributed by atoms with van der Waals surface area (Å²) in [5.41, 5.74) is 25.4. The van der Waals surface area contributed by atoms with Crippen molar-refractivity contribution >= 4 is 23.9 Å². The Bertz CT molecular complexity index is 7190. The Morgan fingerprint density at radius 3 is 0.674 bits per heavy atom. The molecule has 0 fully saturated rings. The number of esters is 4. The number of ether oxygens (including phenoxy) is 4. The van der Waals surface area contributed by atoms with Crippen molar-refractivity contribution in [1.82, 2.24) is 49.8 Å². The van der Waals surface area contributed by atoms with E-state index in [0.29, 0.717) is 67.5 Å². The Kier molecular flexibility index (Phi) is 29.1. The van der Waals surface area contributed by atoms with Gasteiger partial charge in [-0.15, -0.1) is 148 Å². The van der Waals surface area contributed by atoms with Crippen LogP contribution in [0.5, 0.6) is 23.0 Å². The summed E-state index contributed by atoms with van der Waals surface area (Å²) in [7, 11) is 0. The van der Waals surface area contributed by atoms with Crippen LogP contribution in [0.25, 0.3) is 157 Å². The number of aromatic nitrogens is 10. The third-order valence-electron chi connectivity index (χ3n) is 24.3. The maximum absolute atomic E-state index is 14.4. The first kappa shape index (κ1) is 99.2. The molecule has 19 aromatic rings. The molecule has 144 heavy (non-hydrogen) atoms. The minimum Gasteiger partial charge on any atom is -0.423 e. The molecule has 0 radical (unpaired) electrons. The average molecular weight is 2240 g/mol. The van der Waals surface area contributed by atoms with Crippen LogP contribution < -0.4 is 18.9 Å². The fourth-order valence-electron chi connectivity index (χ4n) is 16.4. The third kappa shape index (κ3) is 23.0. The zero-order valence-electron chi connectivity index (χ0n) is 80.9. The molecule has 10 aromatic heterocycles. The van der Waals surface area contributed by atoms with Crippen LogP contribution in [-0.4, -0.2) is 73.7 Å². The van der Waals surface area contributed by atoms with Gasteiger partial charge in [0.2, 0.25) is 0 Å². The van der Waals surface area contributed by atoms with E-state index in [1.165, 1.54) is 36.9 Å². The van der Waals surface area contributed by atoms with Crippen molar-refractivity contribution in [2.24, 2.45) is 0 Å². The summed E-state index contributed by atoms with van der Waals surface area (Å²) in [5, 5.41) is 0. The van der Waals surface area contributed by atoms with Gasteiger partial charge in [-0.25, -0.2) is 31.3 Å². The molecule has 0 saturated heterocycles. The summed E-state index contributed by atoms with van der Waals surface area (Å²) < 4.78 is 24.9. The maximum atomic E-state index is 14.4. The summed E-state index contributed by atoms with van der Waals surface area (Å²) in [5.74, 6) is -2.41. The summed E-state index contributed by atoms with van der Waals surface area (Å²) in [6.07, 6.45) is 16.7. The van der Waals surface area contributed by atoms with Crippen molar-refractivity contribution in [3.63, 3.8) is 0 Å². The van der Waals surface area contributed by atoms with Gasteiger partial charge in [-0.1, -0.05) is 198 Å². The molecule has 0 aliphatic heterocycles. The second-order valence-corrected chi connectivity index (χ2v) is 38.7. The van der Waals surface area contributed by atoms with Gasteiger partial charge in [-0.05, 0) is 163 Å². The van der Waals surface area contributed by atoms with Crippen molar-refractivity contribution in [2.45, 2.75) is 105 Å². The first-order valence-corrected chi connectivity index (χ1v) is 46.5. The monoisotopic (exact) mass is 2240 g/mol. The van der Waals surface area contributed by atoms with Gasteiger partial charge in [-0.2, -0.15) is 5.56 Å². The molecule has 0 spiro atoms. The van der Waals surface area contributed by atoms with E-state index in [2.05, 4.69) is 164 Å². The molecule has 19 rings (SSSR count). The van der Waals surface area contributed by atoms with Gasteiger partial charge in [0.15, 0.2) is 0 Å². The molecule has 20 heteroatoms. The molecule has 706 valence electrons. The minimum absolute atomic E-state index is 0. The Morgan fingerprint density at radius 1 is 0.215 bits per heavy atom. The van der Waals surface area contributed by atoms with Gasteiger partial charge in [0, 0.05) is 130 Å². The standard InChI is InChI=1S/C124H94N10O8.2Ir/c1-121(2,3)113-65-81(48-52-125-113)77-22-17-26-85(56-77)109-44-38-93(73-131-109)117(135)139-99-61-97(62-100(69-99)140-118(136)94-39-45-110(132-74-94)86-27-18-23-78(57-86)82-49-53-126-114(66-82)122(4,5)6)105-34-15-13-32-103(105)91-36-42-107(129-71-91)89-30-21-31-90(60-89)108-43-37-92(72-130-108)104-33-14-16-35-106(104)98-63-101(141-119(137)95-40-46-111(133-75-95)87-28-19-24-79(58-87)83-50-54-127-115(67-83)123(7,8)9)70-102(64-98)142-120(138)96-41-47-112(134-76-96)88-29-20-25-80(59-88)84-51-55-128-116(68-84)124(10,11)12;;/h13-25,32-76H,1-12H3;;/q-6;2*+3. The fourth-order valence-corrected chi connectivity index (χ4v) is 16.4. The van der Waals surface area contributed by atoms with Gasteiger partial charge in [-0.3, -0.25) is 42.6 Å². The summed E-state index contributed by atoms with van der Waals surface area (Å²) >= 11 is 0. The molecule has 0 N–H and O–H groups in total. The minimum atomic E-state index is -0.696. The normalized spacial score (nSPS) is 11.5. The van der Waals surface area contributed by atoms with Crippen molar-refractivity contribution in [3.05, 3.63) is 435 Å². The van der Waals surface area contributed by atoms with Crippen LogP contribution in [0.3, 0.4) is 0 Å². The number of hydrogen-bond donors (Lipinski definition) is 0. The van der Waals surface area contributed by atoms with Crippen LogP contribution in [0, 0.1) is 36.4 Å². The summed E-state index contributed by atoms with van der Waals surface area (Å²) in [6, 6.07) is 110. The van der Waals surface area contributed by atoms with Crippen LogP contribution >= 0.6 is 0 Å². The van der Waals surface area contributed by atoms with Crippen molar-refractivity contribution < 1.29 is 78.3 Å². The van der Waals surface area contributed by atoms with E-state index in [1.807, 2.05) is 201 Å². The van der Waals surface area contributed by atoms with Gasteiger partial charge in [0.25, 0.3) is 0 Å². The molecule has 10 heterocycles.